The monoisotopic (exact) mass is 614 g/mol. The van der Waals surface area contributed by atoms with Gasteiger partial charge in [0.05, 0.1) is 35.6 Å². The van der Waals surface area contributed by atoms with Crippen molar-refractivity contribution in [1.82, 2.24) is 4.57 Å². The van der Waals surface area contributed by atoms with Crippen molar-refractivity contribution >= 4 is 23.4 Å². The van der Waals surface area contributed by atoms with Gasteiger partial charge in [0.15, 0.2) is 16.3 Å². The Balaban J connectivity index is 1.53. The Labute approximate surface area is 257 Å². The molecule has 1 aliphatic heterocycles. The molecule has 0 N–H and O–H groups in total. The molecule has 44 heavy (non-hydrogen) atoms. The molecule has 0 bridgehead atoms. The molecule has 0 amide bonds. The molecule has 0 saturated heterocycles. The predicted molar refractivity (Wildman–Crippen MR) is 166 cm³/mol. The summed E-state index contributed by atoms with van der Waals surface area (Å²) >= 11 is 1.22. The number of carbonyl (C=O) groups is 1. The molecule has 0 fully saturated rings. The van der Waals surface area contributed by atoms with E-state index in [1.807, 2.05) is 12.1 Å². The molecule has 8 nitrogen and oxygen atoms in total. The number of methoxy groups -OCH3 is 1. The smallest absolute Gasteiger partial charge is 0.338 e. The van der Waals surface area contributed by atoms with Gasteiger partial charge in [-0.15, -0.1) is 0 Å². The third-order valence-corrected chi connectivity index (χ3v) is 7.89. The molecule has 5 rings (SSSR count). The molecule has 0 unspecified atom stereocenters. The van der Waals surface area contributed by atoms with E-state index < -0.39 is 12.0 Å². The molecule has 1 aromatic heterocycles. The first kappa shape index (κ1) is 30.5. The molecule has 0 spiro atoms. The lowest BCUT2D eigenvalue weighted by Crippen LogP contribution is -2.39. The summed E-state index contributed by atoms with van der Waals surface area (Å²) in [5.74, 6) is 0.616. The molecule has 3 aromatic carbocycles. The lowest BCUT2D eigenvalue weighted by molar-refractivity contribution is -0.139. The van der Waals surface area contributed by atoms with Crippen LogP contribution in [0.2, 0.25) is 0 Å². The van der Waals surface area contributed by atoms with Crippen LogP contribution in [0.15, 0.2) is 100 Å². The zero-order valence-corrected chi connectivity index (χ0v) is 25.4. The Morgan fingerprint density at radius 3 is 2.57 bits per heavy atom. The summed E-state index contributed by atoms with van der Waals surface area (Å²) in [6.45, 7) is 7.70. The topological polar surface area (TPSA) is 88.4 Å². The highest BCUT2D eigenvalue weighted by atomic mass is 32.1. The van der Waals surface area contributed by atoms with E-state index in [-0.39, 0.29) is 24.6 Å². The Morgan fingerprint density at radius 2 is 1.86 bits per heavy atom. The first-order chi connectivity index (χ1) is 21.3. The highest BCUT2D eigenvalue weighted by molar-refractivity contribution is 7.07. The Kier molecular flexibility index (Phi) is 9.40. The summed E-state index contributed by atoms with van der Waals surface area (Å²) in [7, 11) is 1.51. The van der Waals surface area contributed by atoms with Gasteiger partial charge in [-0.05, 0) is 61.4 Å². The fraction of sp³-hybridized carbons (Fsp3) is 0.206. The van der Waals surface area contributed by atoms with Crippen LogP contribution >= 0.6 is 11.3 Å². The number of nitrogens with zero attached hydrogens (tertiary/aromatic N) is 2. The van der Waals surface area contributed by atoms with Crippen molar-refractivity contribution < 1.29 is 28.1 Å². The maximum Gasteiger partial charge on any atom is 0.338 e. The minimum absolute atomic E-state index is 0.0322. The number of hydrogen-bond donors (Lipinski definition) is 0. The Hall–Kier alpha value is -4.96. The Morgan fingerprint density at radius 1 is 1.09 bits per heavy atom. The third-order valence-electron chi connectivity index (χ3n) is 6.91. The van der Waals surface area contributed by atoms with E-state index in [0.717, 1.165) is 0 Å². The molecule has 1 atom stereocenters. The number of aromatic nitrogens is 1. The molecule has 10 heteroatoms. The number of rotatable bonds is 11. The van der Waals surface area contributed by atoms with Crippen LogP contribution in [-0.2, 0) is 16.1 Å². The molecule has 4 aromatic rings. The zero-order valence-electron chi connectivity index (χ0n) is 24.5. The molecule has 2 heterocycles. The second kappa shape index (κ2) is 13.6. The summed E-state index contributed by atoms with van der Waals surface area (Å²) in [5.41, 5.74) is 2.28. The first-order valence-electron chi connectivity index (χ1n) is 13.9. The number of thiazole rings is 1. The fourth-order valence-electron chi connectivity index (χ4n) is 4.82. The van der Waals surface area contributed by atoms with Gasteiger partial charge in [-0.2, -0.15) is 0 Å². The molecule has 0 saturated carbocycles. The number of allylic oxidation sites excluding steroid dienone is 1. The van der Waals surface area contributed by atoms with Gasteiger partial charge in [-0.25, -0.2) is 14.2 Å². The normalized spacial score (nSPS) is 14.5. The van der Waals surface area contributed by atoms with Crippen molar-refractivity contribution in [3.8, 4) is 17.2 Å². The zero-order chi connectivity index (χ0) is 31.2. The SMILES string of the molecule is C=CCOc1ccc([C@@H]2C(C(=O)OCC)=C(C)N=c3s/c(=C\c4ccc(OCc5ccccc5F)c(OC)c4)c(=O)n32)cc1. The van der Waals surface area contributed by atoms with E-state index in [1.54, 1.807) is 74.5 Å². The molecule has 226 valence electrons. The number of hydrogen-bond acceptors (Lipinski definition) is 8. The van der Waals surface area contributed by atoms with Gasteiger partial charge in [0, 0.05) is 5.56 Å². The highest BCUT2D eigenvalue weighted by Gasteiger charge is 2.33. The van der Waals surface area contributed by atoms with E-state index in [2.05, 4.69) is 11.6 Å². The second-order valence-corrected chi connectivity index (χ2v) is 10.8. The van der Waals surface area contributed by atoms with Gasteiger partial charge < -0.3 is 18.9 Å². The lowest BCUT2D eigenvalue weighted by atomic mass is 9.96. The van der Waals surface area contributed by atoms with Crippen LogP contribution in [0.3, 0.4) is 0 Å². The van der Waals surface area contributed by atoms with Gasteiger partial charge in [0.2, 0.25) is 0 Å². The number of esters is 1. The summed E-state index contributed by atoms with van der Waals surface area (Å²) in [6.07, 6.45) is 3.39. The number of benzene rings is 3. The summed E-state index contributed by atoms with van der Waals surface area (Å²) < 4.78 is 38.3. The van der Waals surface area contributed by atoms with Crippen molar-refractivity contribution in [2.24, 2.45) is 4.99 Å². The first-order valence-corrected chi connectivity index (χ1v) is 14.7. The van der Waals surface area contributed by atoms with Crippen LogP contribution in [0.5, 0.6) is 17.2 Å². The van der Waals surface area contributed by atoms with Crippen LogP contribution in [0.4, 0.5) is 4.39 Å². The largest absolute Gasteiger partial charge is 0.493 e. The van der Waals surface area contributed by atoms with Crippen molar-refractivity contribution in [3.05, 3.63) is 133 Å². The van der Waals surface area contributed by atoms with Crippen LogP contribution in [0, 0.1) is 5.82 Å². The van der Waals surface area contributed by atoms with Crippen LogP contribution in [0.1, 0.15) is 36.6 Å². The third kappa shape index (κ3) is 6.35. The van der Waals surface area contributed by atoms with Gasteiger partial charge >= 0.3 is 5.97 Å². The maximum atomic E-state index is 14.1. The molecule has 0 radical (unpaired) electrons. The molecular weight excluding hydrogens is 583 g/mol. The van der Waals surface area contributed by atoms with Crippen LogP contribution in [-0.4, -0.2) is 30.9 Å². The summed E-state index contributed by atoms with van der Waals surface area (Å²) in [5, 5.41) is 0. The van der Waals surface area contributed by atoms with E-state index in [4.69, 9.17) is 18.9 Å². The van der Waals surface area contributed by atoms with E-state index >= 15 is 0 Å². The molecule has 1 aliphatic rings. The fourth-order valence-corrected chi connectivity index (χ4v) is 5.87. The molecule has 0 aliphatic carbocycles. The Bertz CT molecular complexity index is 1910. The average Bonchev–Trinajstić information content (AvgIpc) is 3.33. The van der Waals surface area contributed by atoms with Gasteiger partial charge in [-0.3, -0.25) is 9.36 Å². The lowest BCUT2D eigenvalue weighted by Gasteiger charge is -2.24. The van der Waals surface area contributed by atoms with Gasteiger partial charge in [0.1, 0.15) is 24.8 Å². The van der Waals surface area contributed by atoms with Crippen LogP contribution in [0.25, 0.3) is 6.08 Å². The number of ether oxygens (including phenoxy) is 4. The van der Waals surface area contributed by atoms with Crippen molar-refractivity contribution in [2.45, 2.75) is 26.5 Å². The minimum atomic E-state index is -0.746. The number of fused-ring (bicyclic) bond motifs is 1. The maximum absolute atomic E-state index is 14.1. The van der Waals surface area contributed by atoms with Crippen molar-refractivity contribution in [1.29, 1.82) is 0 Å². The summed E-state index contributed by atoms with van der Waals surface area (Å²) in [6, 6.07) is 18.1. The van der Waals surface area contributed by atoms with E-state index in [9.17, 15) is 14.0 Å². The second-order valence-electron chi connectivity index (χ2n) is 9.76. The van der Waals surface area contributed by atoms with Crippen molar-refractivity contribution in [3.63, 3.8) is 0 Å². The average molecular weight is 615 g/mol. The minimum Gasteiger partial charge on any atom is -0.493 e. The predicted octanol–water partition coefficient (Wildman–Crippen LogP) is 5.09. The van der Waals surface area contributed by atoms with Crippen molar-refractivity contribution in [2.75, 3.05) is 20.3 Å². The number of carbonyl (C=O) groups excluding carboxylic acids is 1. The highest BCUT2D eigenvalue weighted by Crippen LogP contribution is 2.32. The van der Waals surface area contributed by atoms with Gasteiger partial charge in [0.25, 0.3) is 5.56 Å². The summed E-state index contributed by atoms with van der Waals surface area (Å²) in [4.78, 5) is 32.2. The standard InChI is InChI=1S/C34H31FN2O6S/c1-5-17-42-25-14-12-23(13-15-25)31-30(33(39)41-6-2)21(3)36-34-37(31)32(38)29(44-34)19-22-11-16-27(28(18-22)40-4)43-20-24-9-7-8-10-26(24)35/h5,7-16,18-19,31H,1,6,17,20H2,2-4H3/b29-19-/t31-/m1/s1. The number of halogens is 1. The molecular formula is C34H31FN2O6S. The van der Waals surface area contributed by atoms with Gasteiger partial charge in [-0.1, -0.05) is 60.4 Å². The quantitative estimate of drug-likeness (QED) is 0.173. The van der Waals surface area contributed by atoms with Crippen LogP contribution < -0.4 is 29.1 Å². The van der Waals surface area contributed by atoms with E-state index in [0.29, 0.717) is 61.1 Å². The van der Waals surface area contributed by atoms with E-state index in [1.165, 1.54) is 29.1 Å².